The highest BCUT2D eigenvalue weighted by atomic mass is 16.5. The first-order chi connectivity index (χ1) is 19.1. The molecule has 1 aliphatic heterocycles. The van der Waals surface area contributed by atoms with Crippen LogP contribution in [0.1, 0.15) is 41.0 Å². The minimum absolute atomic E-state index is 0.179. The van der Waals surface area contributed by atoms with Crippen molar-refractivity contribution in [1.82, 2.24) is 19.2 Å². The number of nitrogens with zero attached hydrogens (tertiary/aromatic N) is 4. The van der Waals surface area contributed by atoms with Crippen LogP contribution < -0.4 is 10.1 Å². The SMILES string of the molecule is CCc1nn(-c2ccccc2)c2c1CN(C(=O)Nc1ccc(OC)cc1)C(c1cccc(C)c1)c1cccn1-2. The number of hydrogen-bond acceptors (Lipinski definition) is 3. The number of urea groups is 1. The molecule has 7 heteroatoms. The molecule has 7 nitrogen and oxygen atoms in total. The molecule has 3 aromatic carbocycles. The van der Waals surface area contributed by atoms with E-state index in [1.165, 1.54) is 0 Å². The molecule has 196 valence electrons. The summed E-state index contributed by atoms with van der Waals surface area (Å²) in [5, 5.41) is 8.16. The van der Waals surface area contributed by atoms with E-state index in [0.717, 1.165) is 51.8 Å². The maximum Gasteiger partial charge on any atom is 0.322 e. The van der Waals surface area contributed by atoms with Crippen LogP contribution in [0.4, 0.5) is 10.5 Å². The number of carbonyl (C=O) groups excluding carboxylic acids is 1. The number of rotatable bonds is 5. The van der Waals surface area contributed by atoms with Crippen LogP contribution in [0.15, 0.2) is 97.2 Å². The lowest BCUT2D eigenvalue weighted by Gasteiger charge is -2.31. The third-order valence-corrected chi connectivity index (χ3v) is 7.26. The van der Waals surface area contributed by atoms with Crippen molar-refractivity contribution in [2.24, 2.45) is 0 Å². The fourth-order valence-electron chi connectivity index (χ4n) is 5.41. The highest BCUT2D eigenvalue weighted by molar-refractivity contribution is 5.90. The Morgan fingerprint density at radius 2 is 1.79 bits per heavy atom. The van der Waals surface area contributed by atoms with Gasteiger partial charge in [-0.1, -0.05) is 55.0 Å². The number of aryl methyl sites for hydroxylation is 2. The smallest absolute Gasteiger partial charge is 0.322 e. The Morgan fingerprint density at radius 1 is 1.00 bits per heavy atom. The molecule has 0 saturated heterocycles. The normalized spacial score (nSPS) is 14.3. The van der Waals surface area contributed by atoms with Crippen molar-refractivity contribution in [3.05, 3.63) is 125 Å². The summed E-state index contributed by atoms with van der Waals surface area (Å²) in [4.78, 5) is 16.0. The Bertz CT molecular complexity index is 1620. The number of amides is 2. The van der Waals surface area contributed by atoms with Crippen LogP contribution >= 0.6 is 0 Å². The van der Waals surface area contributed by atoms with Crippen molar-refractivity contribution in [2.45, 2.75) is 32.9 Å². The molecule has 2 amide bonds. The average Bonchev–Trinajstić information content (AvgIpc) is 3.55. The van der Waals surface area contributed by atoms with Crippen LogP contribution in [0.2, 0.25) is 0 Å². The summed E-state index contributed by atoms with van der Waals surface area (Å²) >= 11 is 0. The molecule has 1 atom stereocenters. The number of para-hydroxylation sites is 1. The van der Waals surface area contributed by atoms with Gasteiger partial charge in [-0.2, -0.15) is 5.10 Å². The summed E-state index contributed by atoms with van der Waals surface area (Å²) in [5.41, 5.74) is 6.91. The van der Waals surface area contributed by atoms with Crippen LogP contribution in [0.25, 0.3) is 11.5 Å². The Hall–Kier alpha value is -4.78. The summed E-state index contributed by atoms with van der Waals surface area (Å²) in [6.07, 6.45) is 2.82. The van der Waals surface area contributed by atoms with E-state index in [4.69, 9.17) is 9.84 Å². The zero-order valence-electron chi connectivity index (χ0n) is 22.3. The van der Waals surface area contributed by atoms with E-state index < -0.39 is 0 Å². The van der Waals surface area contributed by atoms with Crippen molar-refractivity contribution in [1.29, 1.82) is 0 Å². The van der Waals surface area contributed by atoms with E-state index in [2.05, 4.69) is 72.4 Å². The molecule has 0 aliphatic carbocycles. The second-order valence-electron chi connectivity index (χ2n) is 9.76. The average molecular weight is 518 g/mol. The molecular weight excluding hydrogens is 486 g/mol. The van der Waals surface area contributed by atoms with Gasteiger partial charge in [0.05, 0.1) is 36.8 Å². The highest BCUT2D eigenvalue weighted by Crippen LogP contribution is 2.39. The highest BCUT2D eigenvalue weighted by Gasteiger charge is 2.36. The topological polar surface area (TPSA) is 64.3 Å². The number of ether oxygens (including phenoxy) is 1. The zero-order valence-corrected chi connectivity index (χ0v) is 22.3. The van der Waals surface area contributed by atoms with E-state index in [-0.39, 0.29) is 12.1 Å². The third kappa shape index (κ3) is 4.46. The number of carbonyl (C=O) groups is 1. The number of fused-ring (bicyclic) bond motifs is 3. The summed E-state index contributed by atoms with van der Waals surface area (Å²) in [5.74, 6) is 1.71. The van der Waals surface area contributed by atoms with Crippen LogP contribution in [0.3, 0.4) is 0 Å². The van der Waals surface area contributed by atoms with Crippen LogP contribution in [-0.2, 0) is 13.0 Å². The predicted octanol–water partition coefficient (Wildman–Crippen LogP) is 6.68. The quantitative estimate of drug-likeness (QED) is 0.283. The standard InChI is InChI=1S/C32H31N5O2/c1-4-28-27-21-36(32(38)33-24-15-17-26(39-3)18-16-24)30(23-11-8-10-22(2)20-23)29-14-9-19-35(29)31(27)37(34-28)25-12-6-5-7-13-25/h5-20,30H,4,21H2,1-3H3,(H,33,38). The van der Waals surface area contributed by atoms with Gasteiger partial charge in [0.1, 0.15) is 11.6 Å². The summed E-state index contributed by atoms with van der Waals surface area (Å²) in [6, 6.07) is 29.6. The largest absolute Gasteiger partial charge is 0.497 e. The van der Waals surface area contributed by atoms with Gasteiger partial charge in [0, 0.05) is 17.4 Å². The van der Waals surface area contributed by atoms with E-state index in [0.29, 0.717) is 12.2 Å². The van der Waals surface area contributed by atoms with Gasteiger partial charge < -0.3 is 19.5 Å². The van der Waals surface area contributed by atoms with Gasteiger partial charge in [-0.05, 0) is 67.4 Å². The molecule has 0 spiro atoms. The molecule has 0 fully saturated rings. The van der Waals surface area contributed by atoms with Crippen LogP contribution in [-0.4, -0.2) is 32.4 Å². The van der Waals surface area contributed by atoms with Crippen LogP contribution in [0, 0.1) is 6.92 Å². The van der Waals surface area contributed by atoms with Gasteiger partial charge in [0.2, 0.25) is 0 Å². The number of methoxy groups -OCH3 is 1. The van der Waals surface area contributed by atoms with Gasteiger partial charge >= 0.3 is 6.03 Å². The van der Waals surface area contributed by atoms with E-state index in [9.17, 15) is 4.79 Å². The number of hydrogen-bond donors (Lipinski definition) is 1. The number of anilines is 1. The Morgan fingerprint density at radius 3 is 2.51 bits per heavy atom. The molecule has 3 heterocycles. The number of nitrogens with one attached hydrogen (secondary N) is 1. The lowest BCUT2D eigenvalue weighted by atomic mass is 10.00. The van der Waals surface area contributed by atoms with E-state index >= 15 is 0 Å². The van der Waals surface area contributed by atoms with E-state index in [1.807, 2.05) is 58.1 Å². The Balaban J connectivity index is 1.53. The minimum atomic E-state index is -0.306. The zero-order chi connectivity index (χ0) is 26.9. The first-order valence-corrected chi connectivity index (χ1v) is 13.2. The Labute approximate surface area is 228 Å². The molecule has 5 aromatic rings. The Kier molecular flexibility index (Phi) is 6.40. The molecule has 0 radical (unpaired) electrons. The maximum atomic E-state index is 14.1. The first-order valence-electron chi connectivity index (χ1n) is 13.2. The van der Waals surface area contributed by atoms with Gasteiger partial charge in [0.25, 0.3) is 0 Å². The third-order valence-electron chi connectivity index (χ3n) is 7.26. The molecule has 2 aromatic heterocycles. The predicted molar refractivity (Wildman–Crippen MR) is 153 cm³/mol. The van der Waals surface area contributed by atoms with Crippen molar-refractivity contribution < 1.29 is 9.53 Å². The molecule has 6 rings (SSSR count). The fourth-order valence-corrected chi connectivity index (χ4v) is 5.41. The van der Waals surface area contributed by atoms with Crippen LogP contribution in [0.5, 0.6) is 5.75 Å². The minimum Gasteiger partial charge on any atom is -0.497 e. The van der Waals surface area contributed by atoms with Gasteiger partial charge in [0.15, 0.2) is 0 Å². The summed E-state index contributed by atoms with van der Waals surface area (Å²) in [6.45, 7) is 4.60. The van der Waals surface area contributed by atoms with Crippen molar-refractivity contribution in [2.75, 3.05) is 12.4 Å². The molecule has 0 bridgehead atoms. The number of benzene rings is 3. The van der Waals surface area contributed by atoms with E-state index in [1.54, 1.807) is 7.11 Å². The molecule has 0 saturated carbocycles. The first kappa shape index (κ1) is 24.6. The second kappa shape index (κ2) is 10.2. The van der Waals surface area contributed by atoms with Gasteiger partial charge in [-0.15, -0.1) is 0 Å². The lowest BCUT2D eigenvalue weighted by molar-refractivity contribution is 0.194. The lowest BCUT2D eigenvalue weighted by Crippen LogP contribution is -2.38. The van der Waals surface area contributed by atoms with Crippen molar-refractivity contribution in [3.8, 4) is 17.3 Å². The number of aromatic nitrogens is 3. The molecule has 1 N–H and O–H groups in total. The molecule has 39 heavy (non-hydrogen) atoms. The van der Waals surface area contributed by atoms with Crippen molar-refractivity contribution >= 4 is 11.7 Å². The molecule has 1 aliphatic rings. The molecular formula is C32H31N5O2. The van der Waals surface area contributed by atoms with Gasteiger partial charge in [-0.3, -0.25) is 0 Å². The fraction of sp³-hybridized carbons (Fsp3) is 0.188. The summed E-state index contributed by atoms with van der Waals surface area (Å²) in [7, 11) is 1.63. The molecule has 1 unspecified atom stereocenters. The van der Waals surface area contributed by atoms with Crippen molar-refractivity contribution in [3.63, 3.8) is 0 Å². The van der Waals surface area contributed by atoms with Gasteiger partial charge in [-0.25, -0.2) is 9.48 Å². The second-order valence-corrected chi connectivity index (χ2v) is 9.76. The summed E-state index contributed by atoms with van der Waals surface area (Å²) < 4.78 is 9.50. The maximum absolute atomic E-state index is 14.1. The monoisotopic (exact) mass is 517 g/mol.